The summed E-state index contributed by atoms with van der Waals surface area (Å²) >= 11 is 0. The topological polar surface area (TPSA) is 107 Å². The molecule has 34 heavy (non-hydrogen) atoms. The van der Waals surface area contributed by atoms with Crippen molar-refractivity contribution >= 4 is 23.5 Å². The van der Waals surface area contributed by atoms with Crippen molar-refractivity contribution in [1.29, 1.82) is 0 Å². The van der Waals surface area contributed by atoms with Crippen LogP contribution in [0.2, 0.25) is 0 Å². The zero-order valence-corrected chi connectivity index (χ0v) is 20.4. The summed E-state index contributed by atoms with van der Waals surface area (Å²) in [4.78, 5) is 49.2. The highest BCUT2D eigenvalue weighted by molar-refractivity contribution is 6.01. The third kappa shape index (κ3) is 3.24. The van der Waals surface area contributed by atoms with Crippen molar-refractivity contribution in [2.24, 2.45) is 34.5 Å². The third-order valence-corrected chi connectivity index (χ3v) is 9.28. The number of allylic oxidation sites excluding steroid dienone is 4. The highest BCUT2D eigenvalue weighted by Gasteiger charge is 2.73. The highest BCUT2D eigenvalue weighted by atomic mass is 19.1. The summed E-state index contributed by atoms with van der Waals surface area (Å²) in [7, 11) is 0. The first kappa shape index (κ1) is 24.8. The summed E-state index contributed by atoms with van der Waals surface area (Å²) in [5.41, 5.74) is -2.89. The Morgan fingerprint density at radius 3 is 2.47 bits per heavy atom. The summed E-state index contributed by atoms with van der Waals surface area (Å²) in [6.45, 7) is 7.37. The molecule has 8 heteroatoms. The van der Waals surface area contributed by atoms with Crippen LogP contribution in [0.3, 0.4) is 0 Å². The van der Waals surface area contributed by atoms with Crippen LogP contribution in [0.4, 0.5) is 4.39 Å². The van der Waals surface area contributed by atoms with E-state index in [0.29, 0.717) is 24.8 Å². The molecule has 0 bridgehead atoms. The summed E-state index contributed by atoms with van der Waals surface area (Å²) < 4.78 is 26.2. The summed E-state index contributed by atoms with van der Waals surface area (Å²) in [6, 6.07) is 0. The number of Topliss-reactive ketones (excluding diaryl/α,β-unsaturated/α-hetero) is 1. The Hall–Kier alpha value is -2.35. The van der Waals surface area contributed by atoms with Crippen molar-refractivity contribution < 1.29 is 38.1 Å². The van der Waals surface area contributed by atoms with Gasteiger partial charge in [-0.25, -0.2) is 4.39 Å². The summed E-state index contributed by atoms with van der Waals surface area (Å²) in [5.74, 6) is -3.80. The minimum Gasteiger partial charge on any atom is -0.458 e. The second kappa shape index (κ2) is 8.11. The molecule has 1 unspecified atom stereocenters. The molecule has 0 aromatic heterocycles. The number of rotatable bonds is 4. The number of hydrogen-bond acceptors (Lipinski definition) is 7. The molecule has 0 heterocycles. The normalized spacial score (nSPS) is 43.0. The number of carbonyl (C=O) groups is 4. The van der Waals surface area contributed by atoms with Gasteiger partial charge >= 0.3 is 11.9 Å². The highest BCUT2D eigenvalue weighted by Crippen LogP contribution is 2.70. The van der Waals surface area contributed by atoms with E-state index in [0.717, 1.165) is 6.08 Å². The molecule has 3 saturated carbocycles. The Morgan fingerprint density at radius 2 is 1.85 bits per heavy atom. The second-order valence-corrected chi connectivity index (χ2v) is 11.0. The van der Waals surface area contributed by atoms with E-state index < -0.39 is 64.5 Å². The van der Waals surface area contributed by atoms with Crippen LogP contribution in [0.25, 0.3) is 0 Å². The van der Waals surface area contributed by atoms with E-state index in [1.54, 1.807) is 6.92 Å². The number of carbonyl (C=O) groups excluding carboxylic acids is 4. The number of fused-ring (bicyclic) bond motifs is 5. The van der Waals surface area contributed by atoms with Crippen LogP contribution in [0, 0.1) is 34.5 Å². The predicted molar refractivity (Wildman–Crippen MR) is 119 cm³/mol. The van der Waals surface area contributed by atoms with Gasteiger partial charge in [-0.15, -0.1) is 0 Å². The minimum atomic E-state index is -1.57. The van der Waals surface area contributed by atoms with Gasteiger partial charge in [0.2, 0.25) is 5.78 Å². The molecule has 4 aliphatic rings. The number of aliphatic hydroxyl groups is 1. The standard InChI is InChI=1S/C26H33FO7/c1-13-8-19-18-7-6-16-9-17(30)10-21(27)25(16,5)23(18)20(31)11-24(19,4)26(13,34-15(3)29)22(32)12-33-14(2)28/h9-10,13,18-20,23,31H,6-8,11-12H2,1-5H3/t13-,18+,19+,20?,23-,24+,25-,26+/m1/s1. The van der Waals surface area contributed by atoms with Crippen molar-refractivity contribution in [2.75, 3.05) is 6.61 Å². The number of halogens is 1. The molecule has 3 fully saturated rings. The van der Waals surface area contributed by atoms with Crippen LogP contribution in [-0.2, 0) is 28.7 Å². The van der Waals surface area contributed by atoms with Gasteiger partial charge in [-0.05, 0) is 50.5 Å². The average Bonchev–Trinajstić information content (AvgIpc) is 2.94. The van der Waals surface area contributed by atoms with Gasteiger partial charge < -0.3 is 14.6 Å². The van der Waals surface area contributed by atoms with Crippen molar-refractivity contribution in [1.82, 2.24) is 0 Å². The number of hydrogen-bond donors (Lipinski definition) is 1. The third-order valence-electron chi connectivity index (χ3n) is 9.28. The first-order chi connectivity index (χ1) is 15.8. The van der Waals surface area contributed by atoms with Gasteiger partial charge in [0.25, 0.3) is 0 Å². The predicted octanol–water partition coefficient (Wildman–Crippen LogP) is 3.24. The van der Waals surface area contributed by atoms with E-state index in [4.69, 9.17) is 9.47 Å². The summed E-state index contributed by atoms with van der Waals surface area (Å²) in [5, 5.41) is 11.5. The number of ketones is 2. The molecule has 0 spiro atoms. The SMILES string of the molecule is CC(=O)OCC(=O)[C@@]1(OC(C)=O)[C@H](C)C[C@H]2[C@@H]3CCC4=CC(=O)C=C(F)[C@]4(C)[C@H]3C(O)C[C@@]21C. The van der Waals surface area contributed by atoms with Crippen LogP contribution in [0.15, 0.2) is 23.6 Å². The second-order valence-electron chi connectivity index (χ2n) is 11.0. The maximum Gasteiger partial charge on any atom is 0.303 e. The van der Waals surface area contributed by atoms with E-state index in [-0.39, 0.29) is 24.0 Å². The molecule has 0 radical (unpaired) electrons. The van der Waals surface area contributed by atoms with Gasteiger partial charge in [-0.1, -0.05) is 19.4 Å². The van der Waals surface area contributed by atoms with Crippen molar-refractivity contribution in [3.05, 3.63) is 23.6 Å². The molecule has 0 aromatic carbocycles. The fraction of sp³-hybridized carbons (Fsp3) is 0.692. The maximum absolute atomic E-state index is 15.4. The lowest BCUT2D eigenvalue weighted by Gasteiger charge is -2.60. The van der Waals surface area contributed by atoms with E-state index in [1.165, 1.54) is 19.9 Å². The van der Waals surface area contributed by atoms with Crippen LogP contribution >= 0.6 is 0 Å². The Morgan fingerprint density at radius 1 is 1.18 bits per heavy atom. The largest absolute Gasteiger partial charge is 0.458 e. The first-order valence-corrected chi connectivity index (χ1v) is 12.0. The molecule has 0 saturated heterocycles. The molecule has 4 rings (SSSR count). The zero-order chi connectivity index (χ0) is 25.2. The molecule has 0 amide bonds. The number of ether oxygens (including phenoxy) is 2. The average molecular weight is 477 g/mol. The van der Waals surface area contributed by atoms with E-state index in [2.05, 4.69) is 0 Å². The van der Waals surface area contributed by atoms with Gasteiger partial charge in [0.1, 0.15) is 5.83 Å². The molecule has 8 atom stereocenters. The van der Waals surface area contributed by atoms with Crippen molar-refractivity contribution in [3.8, 4) is 0 Å². The molecule has 4 aliphatic carbocycles. The molecular formula is C26H33FO7. The molecular weight excluding hydrogens is 443 g/mol. The fourth-order valence-corrected chi connectivity index (χ4v) is 8.07. The Bertz CT molecular complexity index is 1010. The van der Waals surface area contributed by atoms with Gasteiger partial charge in [-0.2, -0.15) is 0 Å². The molecule has 0 aromatic rings. The lowest BCUT2D eigenvalue weighted by atomic mass is 9.46. The van der Waals surface area contributed by atoms with Gasteiger partial charge in [0.05, 0.1) is 6.10 Å². The fourth-order valence-electron chi connectivity index (χ4n) is 8.07. The zero-order valence-electron chi connectivity index (χ0n) is 20.4. The van der Waals surface area contributed by atoms with Crippen LogP contribution in [0.1, 0.15) is 60.3 Å². The Balaban J connectivity index is 1.79. The first-order valence-electron chi connectivity index (χ1n) is 12.0. The number of aliphatic hydroxyl groups excluding tert-OH is 1. The van der Waals surface area contributed by atoms with Crippen LogP contribution in [-0.4, -0.2) is 46.9 Å². The van der Waals surface area contributed by atoms with E-state index in [9.17, 15) is 24.3 Å². The molecule has 7 nitrogen and oxygen atoms in total. The molecule has 0 aliphatic heterocycles. The Labute approximate surface area is 198 Å². The van der Waals surface area contributed by atoms with Crippen molar-refractivity contribution in [2.45, 2.75) is 72.0 Å². The van der Waals surface area contributed by atoms with Gasteiger partial charge in [0.15, 0.2) is 18.0 Å². The minimum absolute atomic E-state index is 0.117. The van der Waals surface area contributed by atoms with Gasteiger partial charge in [0, 0.05) is 42.6 Å². The number of esters is 2. The summed E-state index contributed by atoms with van der Waals surface area (Å²) in [6.07, 6.45) is 3.31. The van der Waals surface area contributed by atoms with Gasteiger partial charge in [-0.3, -0.25) is 19.2 Å². The Kier molecular flexibility index (Phi) is 5.91. The quantitative estimate of drug-likeness (QED) is 0.621. The smallest absolute Gasteiger partial charge is 0.303 e. The lowest BCUT2D eigenvalue weighted by molar-refractivity contribution is -0.205. The van der Waals surface area contributed by atoms with E-state index in [1.807, 2.05) is 13.8 Å². The maximum atomic E-state index is 15.4. The monoisotopic (exact) mass is 476 g/mol. The molecule has 1 N–H and O–H groups in total. The lowest BCUT2D eigenvalue weighted by Crippen LogP contribution is -2.64. The van der Waals surface area contributed by atoms with E-state index >= 15 is 4.39 Å². The van der Waals surface area contributed by atoms with Crippen molar-refractivity contribution in [3.63, 3.8) is 0 Å². The van der Waals surface area contributed by atoms with Crippen LogP contribution in [0.5, 0.6) is 0 Å². The molecule has 186 valence electrons. The van der Waals surface area contributed by atoms with Crippen LogP contribution < -0.4 is 0 Å².